The molecule has 0 aliphatic carbocycles. The summed E-state index contributed by atoms with van der Waals surface area (Å²) >= 11 is -6.02. The van der Waals surface area contributed by atoms with Gasteiger partial charge >= 0.3 is 31.1 Å². The fraction of sp³-hybridized carbons (Fsp3) is 1.00. The van der Waals surface area contributed by atoms with E-state index in [1.165, 1.54) is 49.3 Å². The topological polar surface area (TPSA) is 80.3 Å². The first-order valence-corrected chi connectivity index (χ1v) is 17.2. The molecule has 0 rings (SSSR count). The van der Waals surface area contributed by atoms with Crippen LogP contribution in [-0.4, -0.2) is 49.3 Å². The van der Waals surface area contributed by atoms with Gasteiger partial charge in [-0.2, -0.15) is 0 Å². The van der Waals surface area contributed by atoms with E-state index in [-0.39, 0.29) is 0 Å². The molecule has 0 saturated carbocycles. The number of hydrogen-bond donors (Lipinski definition) is 0. The minimum atomic E-state index is -6.02. The van der Waals surface area contributed by atoms with Crippen molar-refractivity contribution in [2.24, 2.45) is 0 Å². The summed E-state index contributed by atoms with van der Waals surface area (Å²) in [6.45, 7) is 18.8. The molecular formula is C16H40MoO4P2. The van der Waals surface area contributed by atoms with Gasteiger partial charge in [0.25, 0.3) is 0 Å². The molecule has 0 bridgehead atoms. The second-order valence-electron chi connectivity index (χ2n) is 5.62. The quantitative estimate of drug-likeness (QED) is 0.415. The molecule has 0 radical (unpaired) electrons. The Labute approximate surface area is 150 Å². The molecule has 7 heteroatoms. The van der Waals surface area contributed by atoms with Crippen molar-refractivity contribution in [2.75, 3.05) is 49.3 Å². The van der Waals surface area contributed by atoms with Crippen LogP contribution >= 0.6 is 14.5 Å². The van der Waals surface area contributed by atoms with Crippen molar-refractivity contribution >= 4 is 14.5 Å². The Morgan fingerprint density at radius 2 is 0.609 bits per heavy atom. The first-order chi connectivity index (χ1) is 10.5. The van der Waals surface area contributed by atoms with E-state index in [1.807, 2.05) is 0 Å². The zero-order valence-electron chi connectivity index (χ0n) is 16.6. The summed E-state index contributed by atoms with van der Waals surface area (Å²) < 4.78 is 34.5. The van der Waals surface area contributed by atoms with E-state index in [1.54, 1.807) is 0 Å². The SMILES string of the molecule is CC[P+](CC)(CC)CC.CC[P+](CC)(CC)CC.[O]=[Mo](=[O])([O-])[O-]. The van der Waals surface area contributed by atoms with Crippen molar-refractivity contribution in [1.82, 2.24) is 0 Å². The third-order valence-electron chi connectivity index (χ3n) is 5.37. The van der Waals surface area contributed by atoms with Crippen LogP contribution in [0.15, 0.2) is 0 Å². The second kappa shape index (κ2) is 15.3. The van der Waals surface area contributed by atoms with Crippen LogP contribution in [-0.2, 0) is 23.5 Å². The predicted octanol–water partition coefficient (Wildman–Crippen LogP) is 3.55. The van der Waals surface area contributed by atoms with Crippen LogP contribution in [0.2, 0.25) is 0 Å². The van der Waals surface area contributed by atoms with Crippen molar-refractivity contribution in [3.8, 4) is 0 Å². The summed E-state index contributed by atoms with van der Waals surface area (Å²) in [5, 5.41) is 0. The Kier molecular flexibility index (Phi) is 19.2. The summed E-state index contributed by atoms with van der Waals surface area (Å²) in [7, 11) is -0.840. The molecule has 0 heterocycles. The first kappa shape index (κ1) is 28.9. The van der Waals surface area contributed by atoms with Gasteiger partial charge in [0.05, 0.1) is 49.3 Å². The molecule has 0 saturated heterocycles. The van der Waals surface area contributed by atoms with E-state index in [9.17, 15) is 0 Å². The normalized spacial score (nSPS) is 11.9. The van der Waals surface area contributed by atoms with Gasteiger partial charge < -0.3 is 0 Å². The molecule has 0 spiro atoms. The monoisotopic (exact) mass is 456 g/mol. The molecular weight excluding hydrogens is 414 g/mol. The predicted molar refractivity (Wildman–Crippen MR) is 99.5 cm³/mol. The van der Waals surface area contributed by atoms with E-state index in [4.69, 9.17) is 14.3 Å². The fourth-order valence-corrected chi connectivity index (χ4v) is 8.05. The summed E-state index contributed by atoms with van der Waals surface area (Å²) in [5.41, 5.74) is 0. The van der Waals surface area contributed by atoms with Gasteiger partial charge in [-0.05, 0) is 55.4 Å². The Morgan fingerprint density at radius 1 is 0.522 bits per heavy atom. The van der Waals surface area contributed by atoms with Gasteiger partial charge in [0.1, 0.15) is 0 Å². The maximum atomic E-state index is 8.63. The zero-order chi connectivity index (χ0) is 19.2. The van der Waals surface area contributed by atoms with E-state index < -0.39 is 31.3 Å². The molecule has 0 atom stereocenters. The molecule has 23 heavy (non-hydrogen) atoms. The molecule has 0 unspecified atom stereocenters. The summed E-state index contributed by atoms with van der Waals surface area (Å²) in [6.07, 6.45) is 11.6. The van der Waals surface area contributed by atoms with Gasteiger partial charge in [0.2, 0.25) is 0 Å². The fourth-order valence-electron chi connectivity index (χ4n) is 2.68. The van der Waals surface area contributed by atoms with Crippen molar-refractivity contribution in [3.05, 3.63) is 0 Å². The van der Waals surface area contributed by atoms with Gasteiger partial charge in [-0.15, -0.1) is 0 Å². The Morgan fingerprint density at radius 3 is 0.609 bits per heavy atom. The molecule has 0 aliphatic heterocycles. The molecule has 0 N–H and O–H groups in total. The molecule has 0 aromatic carbocycles. The van der Waals surface area contributed by atoms with Crippen molar-refractivity contribution in [3.63, 3.8) is 0 Å². The van der Waals surface area contributed by atoms with Crippen LogP contribution < -0.4 is 7.52 Å². The van der Waals surface area contributed by atoms with Crippen molar-refractivity contribution in [1.29, 1.82) is 0 Å². The standard InChI is InChI=1S/2C8H20P.Mo.4O/c2*1-5-9(6-2,7-3)8-4;;;;;/h2*5-8H2,1-4H3;;;;;/q2*+1;;;;2*-1. The zero-order valence-corrected chi connectivity index (χ0v) is 20.4. The van der Waals surface area contributed by atoms with E-state index in [0.29, 0.717) is 0 Å². The van der Waals surface area contributed by atoms with E-state index in [2.05, 4.69) is 55.4 Å². The first-order valence-electron chi connectivity index (χ1n) is 8.85. The van der Waals surface area contributed by atoms with Gasteiger partial charge in [-0.25, -0.2) is 0 Å². The van der Waals surface area contributed by atoms with E-state index in [0.717, 1.165) is 0 Å². The number of hydrogen-bond acceptors (Lipinski definition) is 4. The Hall–Kier alpha value is 1.07. The second-order valence-corrected chi connectivity index (χ2v) is 18.1. The third-order valence-corrected chi connectivity index (χ3v) is 16.1. The van der Waals surface area contributed by atoms with Crippen LogP contribution in [0.3, 0.4) is 0 Å². The van der Waals surface area contributed by atoms with Crippen LogP contribution in [0.1, 0.15) is 55.4 Å². The van der Waals surface area contributed by atoms with Crippen LogP contribution in [0, 0.1) is 0 Å². The molecule has 0 aromatic heterocycles. The average molecular weight is 454 g/mol. The molecule has 0 amide bonds. The molecule has 0 aromatic rings. The third kappa shape index (κ3) is 16.3. The van der Waals surface area contributed by atoms with Crippen molar-refractivity contribution in [2.45, 2.75) is 55.4 Å². The van der Waals surface area contributed by atoms with E-state index >= 15 is 0 Å². The summed E-state index contributed by atoms with van der Waals surface area (Å²) in [4.78, 5) is 0. The van der Waals surface area contributed by atoms with Crippen LogP contribution in [0.25, 0.3) is 0 Å². The van der Waals surface area contributed by atoms with Crippen LogP contribution in [0.5, 0.6) is 0 Å². The average Bonchev–Trinajstić information content (AvgIpc) is 2.52. The Balaban J connectivity index is -0.000000273. The minimum absolute atomic E-state index is 0.420. The van der Waals surface area contributed by atoms with Crippen molar-refractivity contribution < 1.29 is 31.1 Å². The van der Waals surface area contributed by atoms with Gasteiger partial charge in [-0.3, -0.25) is 0 Å². The molecule has 0 fully saturated rings. The van der Waals surface area contributed by atoms with Crippen LogP contribution in [0.4, 0.5) is 0 Å². The van der Waals surface area contributed by atoms with Gasteiger partial charge in [0, 0.05) is 14.5 Å². The Bertz CT molecular complexity index is 288. The molecule has 0 aliphatic rings. The summed E-state index contributed by atoms with van der Waals surface area (Å²) in [5.74, 6) is 0. The van der Waals surface area contributed by atoms with Gasteiger partial charge in [-0.1, -0.05) is 0 Å². The molecule has 4 nitrogen and oxygen atoms in total. The molecule has 144 valence electrons. The van der Waals surface area contributed by atoms with Gasteiger partial charge in [0.15, 0.2) is 0 Å². The maximum absolute atomic E-state index is 8.63. The number of rotatable bonds is 8. The summed E-state index contributed by atoms with van der Waals surface area (Å²) in [6, 6.07) is 0.